The Balaban J connectivity index is 2.36. The van der Waals surface area contributed by atoms with Crippen LogP contribution in [0.3, 0.4) is 0 Å². The molecule has 3 N–H and O–H groups in total. The number of nitrogens with zero attached hydrogens (tertiary/aromatic N) is 3. The van der Waals surface area contributed by atoms with E-state index in [-0.39, 0.29) is 5.69 Å². The van der Waals surface area contributed by atoms with Gasteiger partial charge in [0, 0.05) is 23.7 Å². The minimum Gasteiger partial charge on any atom is -0.350 e. The first-order chi connectivity index (χ1) is 8.59. The van der Waals surface area contributed by atoms with Crippen LogP contribution in [0.15, 0.2) is 35.9 Å². The molecule has 1 aromatic carbocycles. The topological polar surface area (TPSA) is 105 Å². The minimum atomic E-state index is -0.754. The minimum absolute atomic E-state index is 0.116. The van der Waals surface area contributed by atoms with E-state index in [1.807, 2.05) is 0 Å². The number of nitro groups is 1. The highest BCUT2D eigenvalue weighted by atomic mass is 32.2. The first kappa shape index (κ1) is 12.2. The van der Waals surface area contributed by atoms with Crippen molar-refractivity contribution in [3.05, 3.63) is 46.0 Å². The number of carbonyl (C=O) groups is 1. The number of nitrogens with one attached hydrogen (secondary N) is 1. The number of hydrazine groups is 2. The lowest BCUT2D eigenvalue weighted by atomic mass is 10.3. The number of primary amides is 1. The number of amides is 2. The maximum Gasteiger partial charge on any atom is 0.339 e. The van der Waals surface area contributed by atoms with Crippen LogP contribution >= 0.6 is 11.9 Å². The fourth-order valence-electron chi connectivity index (χ4n) is 1.41. The van der Waals surface area contributed by atoms with Crippen LogP contribution in [-0.2, 0) is 0 Å². The molecule has 9 heteroatoms. The van der Waals surface area contributed by atoms with E-state index in [0.717, 1.165) is 5.01 Å². The Morgan fingerprint density at radius 1 is 1.56 bits per heavy atom. The molecule has 0 aliphatic carbocycles. The number of carbonyl (C=O) groups excluding carboxylic acids is 1. The van der Waals surface area contributed by atoms with Gasteiger partial charge in [-0.1, -0.05) is 6.07 Å². The Hall–Kier alpha value is -2.26. The summed E-state index contributed by atoms with van der Waals surface area (Å²) in [5.41, 5.74) is 5.45. The zero-order valence-corrected chi connectivity index (χ0v) is 9.83. The van der Waals surface area contributed by atoms with E-state index in [2.05, 4.69) is 4.83 Å². The van der Waals surface area contributed by atoms with Gasteiger partial charge in [-0.15, -0.1) is 0 Å². The van der Waals surface area contributed by atoms with Gasteiger partial charge in [0.2, 0.25) is 0 Å². The number of anilines is 1. The molecule has 2 rings (SSSR count). The fourth-order valence-corrected chi connectivity index (χ4v) is 1.89. The Morgan fingerprint density at radius 2 is 2.33 bits per heavy atom. The van der Waals surface area contributed by atoms with E-state index in [1.54, 1.807) is 17.7 Å². The van der Waals surface area contributed by atoms with Crippen LogP contribution in [0.2, 0.25) is 0 Å². The van der Waals surface area contributed by atoms with Gasteiger partial charge in [-0.05, 0) is 18.0 Å². The molecule has 0 aromatic heterocycles. The molecule has 1 aliphatic rings. The third-order valence-corrected chi connectivity index (χ3v) is 2.68. The average molecular weight is 267 g/mol. The monoisotopic (exact) mass is 267 g/mol. The Bertz CT molecular complexity index is 521. The highest BCUT2D eigenvalue weighted by Crippen LogP contribution is 2.24. The number of benzene rings is 1. The van der Waals surface area contributed by atoms with Crippen LogP contribution in [0.5, 0.6) is 0 Å². The maximum atomic E-state index is 11.4. The Morgan fingerprint density at radius 3 is 2.89 bits per heavy atom. The quantitative estimate of drug-likeness (QED) is 0.486. The molecule has 0 unspecified atom stereocenters. The zero-order valence-electron chi connectivity index (χ0n) is 9.02. The molecule has 0 saturated heterocycles. The van der Waals surface area contributed by atoms with Gasteiger partial charge in [0.15, 0.2) is 0 Å². The summed E-state index contributed by atoms with van der Waals surface area (Å²) >= 11 is 1.25. The molecule has 0 atom stereocenters. The van der Waals surface area contributed by atoms with Crippen LogP contribution < -0.4 is 15.6 Å². The number of non-ortho nitro benzene ring substituents is 1. The predicted octanol–water partition coefficient (Wildman–Crippen LogP) is 1.33. The van der Waals surface area contributed by atoms with Crippen molar-refractivity contribution in [2.24, 2.45) is 5.73 Å². The van der Waals surface area contributed by atoms with E-state index >= 15 is 0 Å². The van der Waals surface area contributed by atoms with Gasteiger partial charge in [0.25, 0.3) is 5.69 Å². The van der Waals surface area contributed by atoms with Crippen molar-refractivity contribution in [1.29, 1.82) is 0 Å². The van der Waals surface area contributed by atoms with Crippen molar-refractivity contribution >= 4 is 29.4 Å². The number of hydrogen-bond donors (Lipinski definition) is 2. The Kier molecular flexibility index (Phi) is 3.35. The number of urea groups is 1. The van der Waals surface area contributed by atoms with Crippen molar-refractivity contribution in [2.75, 3.05) is 5.01 Å². The third-order valence-electron chi connectivity index (χ3n) is 2.13. The molecule has 1 aromatic rings. The molecule has 0 saturated carbocycles. The van der Waals surface area contributed by atoms with Crippen molar-refractivity contribution < 1.29 is 9.72 Å². The molecule has 1 aliphatic heterocycles. The van der Waals surface area contributed by atoms with E-state index in [4.69, 9.17) is 5.73 Å². The average Bonchev–Trinajstić information content (AvgIpc) is 2.82. The Labute approximate surface area is 106 Å². The summed E-state index contributed by atoms with van der Waals surface area (Å²) in [7, 11) is 0. The summed E-state index contributed by atoms with van der Waals surface area (Å²) in [5.74, 6) is 0. The van der Waals surface area contributed by atoms with Crippen molar-refractivity contribution in [3.8, 4) is 0 Å². The van der Waals surface area contributed by atoms with Gasteiger partial charge < -0.3 is 5.73 Å². The summed E-state index contributed by atoms with van der Waals surface area (Å²) in [6.07, 6.45) is 1.58. The molecule has 2 amide bonds. The van der Waals surface area contributed by atoms with Gasteiger partial charge in [-0.2, -0.15) is 9.84 Å². The molecule has 18 heavy (non-hydrogen) atoms. The van der Waals surface area contributed by atoms with Gasteiger partial charge in [0.1, 0.15) is 0 Å². The number of nitrogens with two attached hydrogens (primary N) is 1. The molecular weight excluding hydrogens is 258 g/mol. The summed E-state index contributed by atoms with van der Waals surface area (Å²) in [6, 6.07) is 4.88. The highest BCUT2D eigenvalue weighted by Gasteiger charge is 2.22. The van der Waals surface area contributed by atoms with E-state index in [0.29, 0.717) is 5.69 Å². The first-order valence-electron chi connectivity index (χ1n) is 4.81. The predicted molar refractivity (Wildman–Crippen MR) is 66.9 cm³/mol. The molecular formula is C9H9N5O3S. The van der Waals surface area contributed by atoms with Crippen LogP contribution in [0, 0.1) is 10.1 Å². The molecule has 94 valence electrons. The van der Waals surface area contributed by atoms with Crippen LogP contribution in [0.1, 0.15) is 0 Å². The first-order valence-corrected chi connectivity index (χ1v) is 5.68. The van der Waals surface area contributed by atoms with Gasteiger partial charge in [-0.25, -0.2) is 9.91 Å². The molecule has 0 radical (unpaired) electrons. The fraction of sp³-hybridized carbons (Fsp3) is 0. The van der Waals surface area contributed by atoms with Crippen molar-refractivity contribution in [3.63, 3.8) is 0 Å². The molecule has 0 bridgehead atoms. The van der Waals surface area contributed by atoms with Crippen LogP contribution in [0.4, 0.5) is 16.2 Å². The maximum absolute atomic E-state index is 11.4. The largest absolute Gasteiger partial charge is 0.350 e. The summed E-state index contributed by atoms with van der Waals surface area (Å²) in [4.78, 5) is 24.4. The lowest BCUT2D eigenvalue weighted by Gasteiger charge is -2.28. The van der Waals surface area contributed by atoms with Gasteiger partial charge in [-0.3, -0.25) is 10.1 Å². The van der Waals surface area contributed by atoms with E-state index in [9.17, 15) is 14.9 Å². The van der Waals surface area contributed by atoms with E-state index < -0.39 is 11.0 Å². The summed E-state index contributed by atoms with van der Waals surface area (Å²) in [6.45, 7) is 0. The van der Waals surface area contributed by atoms with E-state index in [1.165, 1.54) is 35.3 Å². The normalized spacial score (nSPS) is 13.7. The van der Waals surface area contributed by atoms with Gasteiger partial charge >= 0.3 is 6.03 Å². The number of hydrogen-bond acceptors (Lipinski definition) is 6. The van der Waals surface area contributed by atoms with Crippen LogP contribution in [-0.4, -0.2) is 16.1 Å². The SMILES string of the molecule is NC(=O)N(c1cccc([N+](=O)[O-])c1)N1C=CSN1. The zero-order chi connectivity index (χ0) is 13.1. The standard InChI is InChI=1S/C9H9N5O3S/c10-9(15)13(12-4-5-18-11-12)7-2-1-3-8(6-7)14(16)17/h1-6,11H,(H2,10,15). The molecule has 0 spiro atoms. The summed E-state index contributed by atoms with van der Waals surface area (Å²) < 4.78 is 0. The smallest absolute Gasteiger partial charge is 0.339 e. The van der Waals surface area contributed by atoms with Crippen molar-refractivity contribution in [2.45, 2.75) is 0 Å². The molecule has 1 heterocycles. The van der Waals surface area contributed by atoms with Crippen LogP contribution in [0.25, 0.3) is 0 Å². The second-order valence-corrected chi connectivity index (χ2v) is 3.96. The summed E-state index contributed by atoms with van der Waals surface area (Å²) in [5, 5.41) is 14.8. The van der Waals surface area contributed by atoms with Gasteiger partial charge in [0.05, 0.1) is 10.6 Å². The molecule has 8 nitrogen and oxygen atoms in total. The molecule has 0 fully saturated rings. The number of rotatable bonds is 3. The second kappa shape index (κ2) is 4.94. The number of nitro benzene ring substituents is 1. The van der Waals surface area contributed by atoms with Crippen molar-refractivity contribution in [1.82, 2.24) is 9.95 Å². The third kappa shape index (κ3) is 2.36. The lowest BCUT2D eigenvalue weighted by Crippen LogP contribution is -2.49. The lowest BCUT2D eigenvalue weighted by molar-refractivity contribution is -0.384. The highest BCUT2D eigenvalue weighted by molar-refractivity contribution is 8.00. The second-order valence-electron chi connectivity index (χ2n) is 3.27.